The molecular formula is C24H30N2O5S4Te. The predicted molar refractivity (Wildman–Crippen MR) is 153 cm³/mol. The molecule has 3 heterocycles. The fourth-order valence-corrected chi connectivity index (χ4v) is 11.4. The average molecular weight is 682 g/mol. The first kappa shape index (κ1) is 29.6. The summed E-state index contributed by atoms with van der Waals surface area (Å²) in [4.78, 5) is 4.63. The van der Waals surface area contributed by atoms with Crippen LogP contribution in [0.5, 0.6) is 5.75 Å². The van der Waals surface area contributed by atoms with Gasteiger partial charge in [-0.2, -0.15) is 8.42 Å². The average Bonchev–Trinajstić information content (AvgIpc) is 3.33. The number of ether oxygens (including phenoxy) is 1. The van der Waals surface area contributed by atoms with Crippen LogP contribution >= 0.6 is 34.9 Å². The molecule has 0 aliphatic carbocycles. The Bertz CT molecular complexity index is 1300. The van der Waals surface area contributed by atoms with Crippen LogP contribution in [-0.4, -0.2) is 68.3 Å². The topological polar surface area (TPSA) is 101 Å². The van der Waals surface area contributed by atoms with E-state index in [2.05, 4.69) is 54.0 Å². The van der Waals surface area contributed by atoms with Gasteiger partial charge in [-0.05, 0) is 0 Å². The number of rotatable bonds is 9. The Hall–Kier alpha value is -0.970. The van der Waals surface area contributed by atoms with E-state index in [4.69, 9.17) is 4.74 Å². The number of methoxy groups -OCH3 is 1. The molecule has 2 aliphatic rings. The predicted octanol–water partition coefficient (Wildman–Crippen LogP) is 3.97. The molecule has 36 heavy (non-hydrogen) atoms. The van der Waals surface area contributed by atoms with E-state index in [1.54, 1.807) is 18.9 Å². The normalized spacial score (nSPS) is 18.2. The van der Waals surface area contributed by atoms with Crippen molar-refractivity contribution in [3.05, 3.63) is 50.8 Å². The molecule has 0 saturated carbocycles. The Morgan fingerprint density at radius 2 is 2.17 bits per heavy atom. The van der Waals surface area contributed by atoms with Crippen molar-refractivity contribution in [2.45, 2.75) is 28.0 Å². The van der Waals surface area contributed by atoms with Gasteiger partial charge < -0.3 is 5.48 Å². The minimum absolute atomic E-state index is 0. The van der Waals surface area contributed by atoms with Crippen LogP contribution in [0.15, 0.2) is 45.8 Å². The van der Waals surface area contributed by atoms with Crippen LogP contribution in [0, 0.1) is 0 Å². The minimum atomic E-state index is -4.00. The molecule has 2 aromatic rings. The van der Waals surface area contributed by atoms with E-state index >= 15 is 0 Å². The molecule has 12 heteroatoms. The van der Waals surface area contributed by atoms with Gasteiger partial charge in [0.25, 0.3) is 0 Å². The fraction of sp³-hybridized carbons (Fsp3) is 0.375. The zero-order valence-electron chi connectivity index (χ0n) is 20.5. The number of nitrogens with zero attached hydrogens (tertiary/aromatic N) is 2. The van der Waals surface area contributed by atoms with Crippen molar-refractivity contribution in [3.63, 3.8) is 0 Å². The number of thioether (sulfide) groups is 2. The van der Waals surface area contributed by atoms with Gasteiger partial charge >= 0.3 is 212 Å². The Labute approximate surface area is 235 Å². The second-order valence-corrected chi connectivity index (χ2v) is 16.9. The van der Waals surface area contributed by atoms with Crippen LogP contribution in [0.2, 0.25) is 0 Å². The van der Waals surface area contributed by atoms with Crippen LogP contribution in [0.4, 0.5) is 5.69 Å². The second kappa shape index (κ2) is 12.7. The number of hydrogen-bond donors (Lipinski definition) is 1. The van der Waals surface area contributed by atoms with E-state index < -0.39 is 10.1 Å². The second-order valence-electron chi connectivity index (χ2n) is 8.03. The number of anilines is 1. The number of thiazole rings is 1. The van der Waals surface area contributed by atoms with Gasteiger partial charge in [0.05, 0.1) is 7.11 Å². The van der Waals surface area contributed by atoms with Gasteiger partial charge in [0.15, 0.2) is 0 Å². The Balaban J connectivity index is 0.00000361. The van der Waals surface area contributed by atoms with E-state index in [0.717, 1.165) is 27.8 Å². The Kier molecular flexibility index (Phi) is 10.5. The molecule has 1 aromatic heterocycles. The first-order chi connectivity index (χ1) is 16.7. The molecule has 1 aromatic carbocycles. The summed E-state index contributed by atoms with van der Waals surface area (Å²) in [5.74, 6) is 0.496. The SMILES string of the molecule is CCC(=Cc1sc2c([n+]1C)[Te]C(SC)C=C2)C=C1Sc2ccc(OC)cc2N1CCCS(=O)(=O)O.[OH-]. The molecule has 1 unspecified atom stereocenters. The molecule has 2 aliphatic heterocycles. The van der Waals surface area contributed by atoms with Crippen molar-refractivity contribution < 1.29 is 27.8 Å². The Morgan fingerprint density at radius 3 is 2.83 bits per heavy atom. The van der Waals surface area contributed by atoms with E-state index in [1.165, 1.54) is 19.2 Å². The van der Waals surface area contributed by atoms with Crippen LogP contribution in [0.1, 0.15) is 29.7 Å². The molecule has 0 radical (unpaired) electrons. The third-order valence-corrected chi connectivity index (χ3v) is 15.2. The van der Waals surface area contributed by atoms with Crippen molar-refractivity contribution in [1.29, 1.82) is 0 Å². The summed E-state index contributed by atoms with van der Waals surface area (Å²) in [7, 11) is -0.181. The van der Waals surface area contributed by atoms with E-state index in [1.807, 2.05) is 41.3 Å². The maximum atomic E-state index is 11.3. The molecule has 1 atom stereocenters. The van der Waals surface area contributed by atoms with Crippen molar-refractivity contribution in [2.24, 2.45) is 7.05 Å². The number of allylic oxidation sites excluding steroid dienone is 2. The molecule has 0 fully saturated rings. The quantitative estimate of drug-likeness (QED) is 0.241. The molecule has 0 saturated heterocycles. The first-order valence-electron chi connectivity index (χ1n) is 11.1. The number of hydrogen-bond acceptors (Lipinski definition) is 8. The molecule has 0 bridgehead atoms. The van der Waals surface area contributed by atoms with Crippen LogP contribution < -0.4 is 17.9 Å². The molecule has 0 amide bonds. The Morgan fingerprint density at radius 1 is 1.39 bits per heavy atom. The zero-order valence-corrected chi connectivity index (χ0v) is 26.1. The summed E-state index contributed by atoms with van der Waals surface area (Å²) >= 11 is 5.20. The molecule has 196 valence electrons. The first-order valence-corrected chi connectivity index (χ1v) is 18.2. The number of benzene rings is 1. The van der Waals surface area contributed by atoms with Crippen molar-refractivity contribution in [2.75, 3.05) is 30.6 Å². The smallest absolute Gasteiger partial charge is 0.870 e. The maximum absolute atomic E-state index is 11.3. The summed E-state index contributed by atoms with van der Waals surface area (Å²) in [6.45, 7) is 2.65. The standard InChI is InChI=1S/C24H28N2O4S4Te.H2O/c1-5-16(13-21-25(2)24-20(33-21)9-10-23(31-4)35-24)14-22-26(11-6-12-34(27,28)29)18-15-17(30-3)7-8-19(18)32-22;/h7-10,13-15,23H,5-6,11-12H2,1-4H3;1H2. The van der Waals surface area contributed by atoms with Crippen LogP contribution in [-0.2, 0) is 17.2 Å². The van der Waals surface area contributed by atoms with Gasteiger partial charge in [-0.3, -0.25) is 4.55 Å². The fourth-order valence-electron chi connectivity index (χ4n) is 3.81. The molecular weight excluding hydrogens is 652 g/mol. The van der Waals surface area contributed by atoms with Gasteiger partial charge in [-0.25, -0.2) is 0 Å². The molecule has 0 spiro atoms. The molecule has 4 rings (SSSR count). The summed E-state index contributed by atoms with van der Waals surface area (Å²) in [5.41, 5.74) is 2.22. The van der Waals surface area contributed by atoms with Crippen molar-refractivity contribution >= 4 is 87.5 Å². The summed E-state index contributed by atoms with van der Waals surface area (Å²) < 4.78 is 41.8. The summed E-state index contributed by atoms with van der Waals surface area (Å²) in [6.07, 6.45) is 12.5. The van der Waals surface area contributed by atoms with Crippen molar-refractivity contribution in [1.82, 2.24) is 0 Å². The van der Waals surface area contributed by atoms with Crippen LogP contribution in [0.25, 0.3) is 12.2 Å². The van der Waals surface area contributed by atoms with E-state index in [-0.39, 0.29) is 32.2 Å². The third kappa shape index (κ3) is 6.91. The van der Waals surface area contributed by atoms with Gasteiger partial charge in [-0.1, -0.05) is 0 Å². The van der Waals surface area contributed by atoms with Gasteiger partial charge in [0, 0.05) is 0 Å². The van der Waals surface area contributed by atoms with Gasteiger partial charge in [-0.15, -0.1) is 0 Å². The third-order valence-electron chi connectivity index (χ3n) is 5.67. The molecule has 2 N–H and O–H groups in total. The van der Waals surface area contributed by atoms with Crippen molar-refractivity contribution in [3.8, 4) is 5.75 Å². The monoisotopic (exact) mass is 684 g/mol. The number of aromatic nitrogens is 1. The summed E-state index contributed by atoms with van der Waals surface area (Å²) in [6, 6.07) is 5.96. The van der Waals surface area contributed by atoms with Gasteiger partial charge in [0.2, 0.25) is 0 Å². The minimum Gasteiger partial charge on any atom is -0.870 e. The van der Waals surface area contributed by atoms with E-state index in [0.29, 0.717) is 16.3 Å². The zero-order chi connectivity index (χ0) is 25.2. The number of fused-ring (bicyclic) bond motifs is 2. The summed E-state index contributed by atoms with van der Waals surface area (Å²) in [5, 5.41) is 2.30. The van der Waals surface area contributed by atoms with Crippen LogP contribution in [0.3, 0.4) is 0 Å². The molecule has 7 nitrogen and oxygen atoms in total. The van der Waals surface area contributed by atoms with E-state index in [9.17, 15) is 13.0 Å². The van der Waals surface area contributed by atoms with Gasteiger partial charge in [0.1, 0.15) is 0 Å².